The van der Waals surface area contributed by atoms with Gasteiger partial charge in [-0.15, -0.1) is 9.24 Å². The standard InChI is InChI=1S/C14H25N.C12H29N3.CH5P/c1-7-10-13(15-9-3)12(8-2)11-14(4,5)6;1-6-15(11-7-9-13(2)3)12-8-10-14(4)5;1-2/h7,9-10,12H,1,8,11H2,2-6H3;6-12H2,1-5H3;2H2,1H3/b13-10-,15-9?;;. The van der Waals surface area contributed by atoms with Gasteiger partial charge in [0, 0.05) is 17.8 Å². The molecule has 0 aromatic heterocycles. The third-order valence-electron chi connectivity index (χ3n) is 4.94. The van der Waals surface area contributed by atoms with Crippen molar-refractivity contribution < 1.29 is 0 Å². The minimum absolute atomic E-state index is 0.351. The zero-order valence-electron chi connectivity index (χ0n) is 23.7. The van der Waals surface area contributed by atoms with Crippen molar-refractivity contribution >= 4 is 15.5 Å². The van der Waals surface area contributed by atoms with Crippen LogP contribution in [-0.4, -0.2) is 88.5 Å². The third-order valence-corrected chi connectivity index (χ3v) is 4.94. The van der Waals surface area contributed by atoms with Crippen molar-refractivity contribution in [2.24, 2.45) is 16.3 Å². The fourth-order valence-corrected chi connectivity index (χ4v) is 3.40. The highest BCUT2D eigenvalue weighted by Crippen LogP contribution is 2.31. The van der Waals surface area contributed by atoms with Gasteiger partial charge in [0.15, 0.2) is 0 Å². The molecule has 192 valence electrons. The van der Waals surface area contributed by atoms with Crippen molar-refractivity contribution in [1.29, 1.82) is 0 Å². The second-order valence-corrected chi connectivity index (χ2v) is 9.83. The normalized spacial score (nSPS) is 13.2. The molecule has 0 aliphatic heterocycles. The van der Waals surface area contributed by atoms with Crippen molar-refractivity contribution in [2.75, 3.05) is 67.6 Å². The molecule has 4 nitrogen and oxygen atoms in total. The lowest BCUT2D eigenvalue weighted by Crippen LogP contribution is -2.30. The first kappa shape index (κ1) is 36.0. The van der Waals surface area contributed by atoms with E-state index in [1.54, 1.807) is 0 Å². The summed E-state index contributed by atoms with van der Waals surface area (Å²) in [4.78, 5) is 11.5. The summed E-state index contributed by atoms with van der Waals surface area (Å²) in [6.45, 7) is 25.0. The van der Waals surface area contributed by atoms with E-state index in [-0.39, 0.29) is 0 Å². The van der Waals surface area contributed by atoms with Crippen molar-refractivity contribution in [3.63, 3.8) is 0 Å². The van der Waals surface area contributed by atoms with Crippen LogP contribution < -0.4 is 0 Å². The summed E-state index contributed by atoms with van der Waals surface area (Å²) in [5.74, 6) is 0.541. The zero-order valence-corrected chi connectivity index (χ0v) is 24.9. The average molecular weight is 471 g/mol. The summed E-state index contributed by atoms with van der Waals surface area (Å²) < 4.78 is 0. The number of hydrogen-bond acceptors (Lipinski definition) is 4. The molecule has 2 unspecified atom stereocenters. The molecule has 0 rings (SSSR count). The molecule has 0 radical (unpaired) electrons. The van der Waals surface area contributed by atoms with Gasteiger partial charge in [0.2, 0.25) is 0 Å². The zero-order chi connectivity index (χ0) is 25.6. The second-order valence-electron chi connectivity index (χ2n) is 9.83. The van der Waals surface area contributed by atoms with E-state index in [9.17, 15) is 0 Å². The summed E-state index contributed by atoms with van der Waals surface area (Å²) in [5, 5.41) is 0. The highest BCUT2D eigenvalue weighted by atomic mass is 31.0. The molecule has 0 fully saturated rings. The number of nitrogens with zero attached hydrogens (tertiary/aromatic N) is 4. The maximum Gasteiger partial charge on any atom is 0.0430 e. The topological polar surface area (TPSA) is 22.1 Å². The minimum Gasteiger partial charge on any atom is -0.309 e. The molecule has 0 saturated heterocycles. The number of rotatable bonds is 14. The Kier molecular flexibility index (Phi) is 26.6. The maximum absolute atomic E-state index is 4.43. The van der Waals surface area contributed by atoms with Crippen LogP contribution in [-0.2, 0) is 0 Å². The van der Waals surface area contributed by atoms with Gasteiger partial charge in [-0.05, 0) is 105 Å². The molecule has 0 heterocycles. The van der Waals surface area contributed by atoms with E-state index < -0.39 is 0 Å². The van der Waals surface area contributed by atoms with Crippen LogP contribution in [0.15, 0.2) is 29.4 Å². The lowest BCUT2D eigenvalue weighted by Gasteiger charge is -2.25. The summed E-state index contributed by atoms with van der Waals surface area (Å²) in [5.41, 5.74) is 1.51. The van der Waals surface area contributed by atoms with Crippen molar-refractivity contribution in [2.45, 2.75) is 67.2 Å². The fourth-order valence-electron chi connectivity index (χ4n) is 3.40. The molecule has 0 saturated carbocycles. The van der Waals surface area contributed by atoms with Crippen molar-refractivity contribution in [3.8, 4) is 0 Å². The van der Waals surface area contributed by atoms with Gasteiger partial charge in [-0.1, -0.05) is 53.9 Å². The molecule has 5 heteroatoms. The average Bonchev–Trinajstić information content (AvgIpc) is 2.71. The fraction of sp³-hybridized carbons (Fsp3) is 0.815. The van der Waals surface area contributed by atoms with Gasteiger partial charge in [0.05, 0.1) is 0 Å². The van der Waals surface area contributed by atoms with Crippen LogP contribution in [0.5, 0.6) is 0 Å². The highest BCUT2D eigenvalue weighted by Gasteiger charge is 2.19. The maximum atomic E-state index is 4.43. The molecule has 0 aliphatic rings. The Morgan fingerprint density at radius 3 is 1.69 bits per heavy atom. The van der Waals surface area contributed by atoms with Crippen LogP contribution in [0.1, 0.15) is 67.2 Å². The van der Waals surface area contributed by atoms with Gasteiger partial charge >= 0.3 is 0 Å². The quantitative estimate of drug-likeness (QED) is 0.169. The molecule has 0 aliphatic carbocycles. The van der Waals surface area contributed by atoms with Crippen LogP contribution in [0, 0.1) is 11.3 Å². The Bertz CT molecular complexity index is 451. The predicted octanol–water partition coefficient (Wildman–Crippen LogP) is 6.31. The Morgan fingerprint density at radius 1 is 0.938 bits per heavy atom. The lowest BCUT2D eigenvalue weighted by atomic mass is 9.82. The van der Waals surface area contributed by atoms with Gasteiger partial charge in [-0.2, -0.15) is 0 Å². The first-order valence-corrected chi connectivity index (χ1v) is 13.6. The number of hydrogen-bond donors (Lipinski definition) is 0. The molecular formula is C27H59N4P. The van der Waals surface area contributed by atoms with E-state index in [2.05, 4.69) is 98.3 Å². The summed E-state index contributed by atoms with van der Waals surface area (Å²) in [6, 6.07) is 0. The first-order chi connectivity index (χ1) is 15.0. The Morgan fingerprint density at radius 2 is 1.41 bits per heavy atom. The first-order valence-electron chi connectivity index (χ1n) is 12.4. The van der Waals surface area contributed by atoms with Crippen LogP contribution in [0.4, 0.5) is 0 Å². The van der Waals surface area contributed by atoms with E-state index in [4.69, 9.17) is 0 Å². The van der Waals surface area contributed by atoms with E-state index >= 15 is 0 Å². The largest absolute Gasteiger partial charge is 0.309 e. The van der Waals surface area contributed by atoms with Gasteiger partial charge in [-0.25, -0.2) is 0 Å². The molecule has 0 amide bonds. The molecule has 0 spiro atoms. The molecule has 0 bridgehead atoms. The SMILES string of the molecule is C=C/C=C(\N=CC)C(CC)CC(C)(C)C.CCN(CCCN(C)C)CCCN(C)C.CP. The van der Waals surface area contributed by atoms with Gasteiger partial charge < -0.3 is 14.7 Å². The van der Waals surface area contributed by atoms with E-state index in [1.165, 1.54) is 52.0 Å². The van der Waals surface area contributed by atoms with Gasteiger partial charge in [0.25, 0.3) is 0 Å². The van der Waals surface area contributed by atoms with Crippen molar-refractivity contribution in [3.05, 3.63) is 24.4 Å². The molecule has 0 aromatic rings. The second kappa shape index (κ2) is 23.6. The highest BCUT2D eigenvalue weighted by molar-refractivity contribution is 7.15. The van der Waals surface area contributed by atoms with E-state index in [0.717, 1.165) is 12.1 Å². The Balaban J connectivity index is -0.000000487. The summed E-state index contributed by atoms with van der Waals surface area (Å²) in [6.07, 6.45) is 10.6. The molecular weight excluding hydrogens is 411 g/mol. The van der Waals surface area contributed by atoms with Crippen LogP contribution >= 0.6 is 9.24 Å². The number of allylic oxidation sites excluding steroid dienone is 3. The Hall–Kier alpha value is -0.540. The summed E-state index contributed by atoms with van der Waals surface area (Å²) in [7, 11) is 11.0. The lowest BCUT2D eigenvalue weighted by molar-refractivity contribution is 0.251. The smallest absolute Gasteiger partial charge is 0.0430 e. The molecule has 0 aromatic carbocycles. The van der Waals surface area contributed by atoms with Crippen molar-refractivity contribution in [1.82, 2.24) is 14.7 Å². The van der Waals surface area contributed by atoms with Gasteiger partial charge in [-0.3, -0.25) is 4.99 Å². The van der Waals surface area contributed by atoms with Crippen LogP contribution in [0.2, 0.25) is 0 Å². The minimum atomic E-state index is 0.351. The van der Waals surface area contributed by atoms with Crippen LogP contribution in [0.3, 0.4) is 0 Å². The van der Waals surface area contributed by atoms with E-state index in [1.807, 2.05) is 32.0 Å². The molecule has 2 atom stereocenters. The number of aliphatic imine (C=N–C) groups is 1. The summed E-state index contributed by atoms with van der Waals surface area (Å²) >= 11 is 0. The predicted molar refractivity (Wildman–Crippen MR) is 154 cm³/mol. The monoisotopic (exact) mass is 470 g/mol. The van der Waals surface area contributed by atoms with Gasteiger partial charge in [0.1, 0.15) is 0 Å². The third kappa shape index (κ3) is 25.7. The Labute approximate surface area is 205 Å². The molecule has 32 heavy (non-hydrogen) atoms. The van der Waals surface area contributed by atoms with E-state index in [0.29, 0.717) is 11.3 Å². The van der Waals surface area contributed by atoms with Crippen LogP contribution in [0.25, 0.3) is 0 Å². The molecule has 0 N–H and O–H groups in total.